The molecule has 1 rings (SSSR count). The zero-order chi connectivity index (χ0) is 7.61. The quantitative estimate of drug-likeness (QED) is 0.694. The number of benzene rings is 1. The van der Waals surface area contributed by atoms with Gasteiger partial charge in [0.25, 0.3) is 0 Å². The topological polar surface area (TPSA) is 69.1 Å². The summed E-state index contributed by atoms with van der Waals surface area (Å²) in [5.74, 6) is 0. The molecule has 0 aliphatic carbocycles. The molecule has 1 aromatic rings. The third kappa shape index (κ3) is 2.69. The summed E-state index contributed by atoms with van der Waals surface area (Å²) in [6.45, 7) is 0. The van der Waals surface area contributed by atoms with Crippen molar-refractivity contribution >= 4 is 9.84 Å². The van der Waals surface area contributed by atoms with Crippen LogP contribution in [0.25, 0.3) is 0 Å². The minimum atomic E-state index is -3.00. The Hall–Kier alpha value is -0.870. The Labute approximate surface area is 66.6 Å². The van der Waals surface area contributed by atoms with Gasteiger partial charge in [-0.1, -0.05) is 18.2 Å². The molecule has 3 N–H and O–H groups in total. The molecule has 62 valence electrons. The summed E-state index contributed by atoms with van der Waals surface area (Å²) in [5.41, 5.74) is 0. The smallest absolute Gasteiger partial charge is 0.175 e. The fourth-order valence-corrected chi connectivity index (χ4v) is 1.32. The lowest BCUT2D eigenvalue weighted by atomic mass is 10.4. The Kier molecular flexibility index (Phi) is 3.22. The predicted octanol–water partition coefficient (Wildman–Crippen LogP) is 1.25. The Morgan fingerprint density at radius 2 is 1.55 bits per heavy atom. The molecular formula is C7H11NO2S. The van der Waals surface area contributed by atoms with Crippen LogP contribution in [0.3, 0.4) is 0 Å². The van der Waals surface area contributed by atoms with Gasteiger partial charge in [-0.25, -0.2) is 8.42 Å². The highest BCUT2D eigenvalue weighted by Gasteiger charge is 2.02. The maximum absolute atomic E-state index is 10.8. The molecule has 4 heteroatoms. The van der Waals surface area contributed by atoms with Crippen molar-refractivity contribution in [3.05, 3.63) is 30.3 Å². The van der Waals surface area contributed by atoms with E-state index in [1.165, 1.54) is 6.26 Å². The van der Waals surface area contributed by atoms with E-state index in [-0.39, 0.29) is 6.15 Å². The first-order chi connectivity index (χ1) is 4.61. The van der Waals surface area contributed by atoms with Gasteiger partial charge < -0.3 is 6.15 Å². The van der Waals surface area contributed by atoms with E-state index in [9.17, 15) is 8.42 Å². The molecule has 0 saturated carbocycles. The Balaban J connectivity index is 0.000001000. The van der Waals surface area contributed by atoms with Gasteiger partial charge in [0.1, 0.15) is 0 Å². The molecule has 0 aliphatic rings. The van der Waals surface area contributed by atoms with E-state index in [2.05, 4.69) is 0 Å². The standard InChI is InChI=1S/C7H8O2S.H3N/c1-10(8,9)7-5-3-2-4-6-7;/h2-6H,1H3;1H3. The molecule has 1 aromatic carbocycles. The van der Waals surface area contributed by atoms with Crippen LogP contribution in [0.4, 0.5) is 0 Å². The van der Waals surface area contributed by atoms with E-state index in [0.717, 1.165) is 0 Å². The van der Waals surface area contributed by atoms with E-state index >= 15 is 0 Å². The van der Waals surface area contributed by atoms with Crippen LogP contribution in [-0.2, 0) is 9.84 Å². The van der Waals surface area contributed by atoms with Crippen molar-refractivity contribution in [2.75, 3.05) is 6.26 Å². The van der Waals surface area contributed by atoms with Crippen LogP contribution in [-0.4, -0.2) is 14.7 Å². The molecule has 0 saturated heterocycles. The van der Waals surface area contributed by atoms with E-state index in [1.807, 2.05) is 0 Å². The molecule has 3 nitrogen and oxygen atoms in total. The van der Waals surface area contributed by atoms with E-state index in [0.29, 0.717) is 4.90 Å². The molecule has 0 aliphatic heterocycles. The van der Waals surface area contributed by atoms with Gasteiger partial charge in [0.05, 0.1) is 4.90 Å². The third-order valence-corrected chi connectivity index (χ3v) is 2.30. The van der Waals surface area contributed by atoms with Gasteiger partial charge in [-0.3, -0.25) is 0 Å². The Morgan fingerprint density at radius 1 is 1.09 bits per heavy atom. The van der Waals surface area contributed by atoms with Crippen molar-refractivity contribution in [2.45, 2.75) is 4.90 Å². The van der Waals surface area contributed by atoms with Crippen molar-refractivity contribution < 1.29 is 8.42 Å². The highest BCUT2D eigenvalue weighted by molar-refractivity contribution is 7.90. The first-order valence-electron chi connectivity index (χ1n) is 2.86. The number of sulfone groups is 1. The highest BCUT2D eigenvalue weighted by atomic mass is 32.2. The van der Waals surface area contributed by atoms with Crippen LogP contribution in [0.2, 0.25) is 0 Å². The summed E-state index contributed by atoms with van der Waals surface area (Å²) >= 11 is 0. The molecule has 0 heterocycles. The Morgan fingerprint density at radius 3 is 1.82 bits per heavy atom. The first kappa shape index (κ1) is 10.1. The lowest BCUT2D eigenvalue weighted by Gasteiger charge is -1.93. The minimum absolute atomic E-state index is 0. The largest absolute Gasteiger partial charge is 0.344 e. The van der Waals surface area contributed by atoms with Gasteiger partial charge in [-0.15, -0.1) is 0 Å². The van der Waals surface area contributed by atoms with E-state index in [1.54, 1.807) is 30.3 Å². The van der Waals surface area contributed by atoms with Crippen molar-refractivity contribution in [3.63, 3.8) is 0 Å². The molecule has 0 unspecified atom stereocenters. The number of rotatable bonds is 1. The normalized spacial score (nSPS) is 10.3. The maximum Gasteiger partial charge on any atom is 0.175 e. The summed E-state index contributed by atoms with van der Waals surface area (Å²) in [4.78, 5) is 0.370. The third-order valence-electron chi connectivity index (χ3n) is 1.17. The molecule has 0 spiro atoms. The van der Waals surface area contributed by atoms with Crippen LogP contribution in [0.1, 0.15) is 0 Å². The van der Waals surface area contributed by atoms with Crippen molar-refractivity contribution in [2.24, 2.45) is 0 Å². The van der Waals surface area contributed by atoms with Crippen LogP contribution >= 0.6 is 0 Å². The zero-order valence-electron chi connectivity index (χ0n) is 6.32. The molecule has 0 radical (unpaired) electrons. The second-order valence-electron chi connectivity index (χ2n) is 2.09. The zero-order valence-corrected chi connectivity index (χ0v) is 7.14. The van der Waals surface area contributed by atoms with Crippen LogP contribution in [0.5, 0.6) is 0 Å². The Bertz CT molecular complexity index is 304. The summed E-state index contributed by atoms with van der Waals surface area (Å²) in [6.07, 6.45) is 1.20. The summed E-state index contributed by atoms with van der Waals surface area (Å²) in [6, 6.07) is 8.35. The van der Waals surface area contributed by atoms with Crippen LogP contribution in [0.15, 0.2) is 35.2 Å². The highest BCUT2D eigenvalue weighted by Crippen LogP contribution is 2.05. The van der Waals surface area contributed by atoms with Crippen molar-refractivity contribution in [1.82, 2.24) is 6.15 Å². The summed E-state index contributed by atoms with van der Waals surface area (Å²) in [5, 5.41) is 0. The fraction of sp³-hybridized carbons (Fsp3) is 0.143. The monoisotopic (exact) mass is 173 g/mol. The number of hydrogen-bond acceptors (Lipinski definition) is 3. The summed E-state index contributed by atoms with van der Waals surface area (Å²) < 4.78 is 21.7. The van der Waals surface area contributed by atoms with E-state index in [4.69, 9.17) is 0 Å². The molecule has 0 amide bonds. The molecule has 0 bridgehead atoms. The van der Waals surface area contributed by atoms with Gasteiger partial charge in [-0.05, 0) is 12.1 Å². The predicted molar refractivity (Wildman–Crippen MR) is 44.6 cm³/mol. The van der Waals surface area contributed by atoms with Gasteiger partial charge in [0.2, 0.25) is 0 Å². The summed E-state index contributed by atoms with van der Waals surface area (Å²) in [7, 11) is -3.00. The minimum Gasteiger partial charge on any atom is -0.344 e. The number of hydrogen-bond donors (Lipinski definition) is 1. The molecule has 0 atom stereocenters. The van der Waals surface area contributed by atoms with Gasteiger partial charge in [0, 0.05) is 6.26 Å². The van der Waals surface area contributed by atoms with Crippen LogP contribution < -0.4 is 6.15 Å². The van der Waals surface area contributed by atoms with Gasteiger partial charge in [-0.2, -0.15) is 0 Å². The molecule has 0 fully saturated rings. The maximum atomic E-state index is 10.8. The average molecular weight is 173 g/mol. The van der Waals surface area contributed by atoms with Gasteiger partial charge >= 0.3 is 0 Å². The second kappa shape index (κ2) is 3.50. The lowest BCUT2D eigenvalue weighted by molar-refractivity contribution is 0.602. The van der Waals surface area contributed by atoms with Crippen LogP contribution in [0, 0.1) is 0 Å². The van der Waals surface area contributed by atoms with Crippen molar-refractivity contribution in [1.29, 1.82) is 0 Å². The fourth-order valence-electron chi connectivity index (χ4n) is 0.668. The lowest BCUT2D eigenvalue weighted by Crippen LogP contribution is -1.95. The molecular weight excluding hydrogens is 162 g/mol. The SMILES string of the molecule is CS(=O)(=O)c1ccccc1.N. The first-order valence-corrected chi connectivity index (χ1v) is 4.75. The van der Waals surface area contributed by atoms with Crippen molar-refractivity contribution in [3.8, 4) is 0 Å². The second-order valence-corrected chi connectivity index (χ2v) is 4.10. The van der Waals surface area contributed by atoms with Gasteiger partial charge in [0.15, 0.2) is 9.84 Å². The molecule has 0 aromatic heterocycles. The van der Waals surface area contributed by atoms with E-state index < -0.39 is 9.84 Å². The average Bonchev–Trinajstić information content (AvgIpc) is 1.88. The molecule has 11 heavy (non-hydrogen) atoms.